The van der Waals surface area contributed by atoms with E-state index in [0.29, 0.717) is 57.8 Å². The number of hydrogen-bond donors (Lipinski definition) is 2. The Bertz CT molecular complexity index is 1470. The van der Waals surface area contributed by atoms with Crippen molar-refractivity contribution in [2.24, 2.45) is 0 Å². The molecule has 178 valence electrons. The minimum Gasteiger partial charge on any atom is -0.360 e. The van der Waals surface area contributed by atoms with E-state index in [9.17, 15) is 9.59 Å². The Labute approximate surface area is 210 Å². The number of benzene rings is 2. The maximum Gasteiger partial charge on any atom is 0.282 e. The Morgan fingerprint density at radius 3 is 2.51 bits per heavy atom. The zero-order chi connectivity index (χ0) is 24.5. The number of fused-ring (bicyclic) bond motifs is 1. The lowest BCUT2D eigenvalue weighted by Gasteiger charge is -2.28. The predicted octanol–water partition coefficient (Wildman–Crippen LogP) is 3.72. The van der Waals surface area contributed by atoms with E-state index >= 15 is 0 Å². The maximum absolute atomic E-state index is 13.2. The first-order valence-electron chi connectivity index (χ1n) is 11.1. The van der Waals surface area contributed by atoms with Crippen LogP contribution in [0.25, 0.3) is 16.6 Å². The summed E-state index contributed by atoms with van der Waals surface area (Å²) in [4.78, 5) is 35.8. The van der Waals surface area contributed by atoms with Gasteiger partial charge in [-0.15, -0.1) is 0 Å². The molecule has 4 aromatic rings. The van der Waals surface area contributed by atoms with E-state index < -0.39 is 5.56 Å². The van der Waals surface area contributed by atoms with Gasteiger partial charge in [-0.2, -0.15) is 9.78 Å². The molecule has 35 heavy (non-hydrogen) atoms. The second kappa shape index (κ2) is 9.52. The van der Waals surface area contributed by atoms with Crippen LogP contribution in [-0.2, 0) is 11.2 Å². The fraction of sp³-hybridized carbons (Fsp3) is 0.208. The van der Waals surface area contributed by atoms with E-state index in [2.05, 4.69) is 25.7 Å². The molecule has 0 unspecified atom stereocenters. The summed E-state index contributed by atoms with van der Waals surface area (Å²) < 4.78 is 1.21. The number of para-hydroxylation sites is 1. The molecule has 1 fully saturated rings. The second-order valence-electron chi connectivity index (χ2n) is 7.99. The molecule has 11 heteroatoms. The van der Waals surface area contributed by atoms with Gasteiger partial charge in [0, 0.05) is 30.7 Å². The van der Waals surface area contributed by atoms with Crippen molar-refractivity contribution < 1.29 is 4.79 Å². The number of nitrogens with one attached hydrogen (secondary N) is 2. The largest absolute Gasteiger partial charge is 0.360 e. The van der Waals surface area contributed by atoms with E-state index in [1.165, 1.54) is 10.9 Å². The molecule has 2 N–H and O–H groups in total. The fourth-order valence-corrected chi connectivity index (χ4v) is 4.53. The average Bonchev–Trinajstić information content (AvgIpc) is 2.86. The van der Waals surface area contributed by atoms with Crippen LogP contribution in [-0.4, -0.2) is 45.3 Å². The summed E-state index contributed by atoms with van der Waals surface area (Å²) in [5.74, 6) is 0.353. The standard InChI is InChI=1S/C24H21Cl2N7O2/c1-2-19-21-16(23(35)33(31-19)22-17(25)4-3-5-18(22)26)12-28-24(30-21)29-14-6-8-15(9-7-14)32-11-10-27-20(34)13-32/h3-9,12H,2,10-11,13H2,1H3,(H,27,34)(H,28,29,30). The maximum atomic E-state index is 13.2. The van der Waals surface area contributed by atoms with Gasteiger partial charge >= 0.3 is 0 Å². The molecule has 0 saturated carbocycles. The highest BCUT2D eigenvalue weighted by Crippen LogP contribution is 2.28. The third kappa shape index (κ3) is 4.52. The zero-order valence-electron chi connectivity index (χ0n) is 18.8. The van der Waals surface area contributed by atoms with E-state index in [4.69, 9.17) is 23.2 Å². The van der Waals surface area contributed by atoms with Crippen molar-refractivity contribution in [3.8, 4) is 5.69 Å². The van der Waals surface area contributed by atoms with Crippen LogP contribution in [0, 0.1) is 0 Å². The second-order valence-corrected chi connectivity index (χ2v) is 8.80. The average molecular weight is 510 g/mol. The van der Waals surface area contributed by atoms with Gasteiger partial charge in [0.2, 0.25) is 11.9 Å². The van der Waals surface area contributed by atoms with Crippen molar-refractivity contribution in [1.29, 1.82) is 0 Å². The van der Waals surface area contributed by atoms with Crippen molar-refractivity contribution in [2.45, 2.75) is 13.3 Å². The summed E-state index contributed by atoms with van der Waals surface area (Å²) in [6, 6.07) is 12.7. The first-order chi connectivity index (χ1) is 16.9. The molecule has 9 nitrogen and oxygen atoms in total. The highest BCUT2D eigenvalue weighted by atomic mass is 35.5. The van der Waals surface area contributed by atoms with E-state index in [0.717, 1.165) is 17.9 Å². The Kier molecular flexibility index (Phi) is 6.27. The molecule has 5 rings (SSSR count). The summed E-state index contributed by atoms with van der Waals surface area (Å²) in [5.41, 5.74) is 2.72. The smallest absolute Gasteiger partial charge is 0.282 e. The summed E-state index contributed by atoms with van der Waals surface area (Å²) >= 11 is 12.6. The molecule has 1 saturated heterocycles. The number of anilines is 3. The first kappa shape index (κ1) is 23.1. The number of hydrogen-bond acceptors (Lipinski definition) is 7. The van der Waals surface area contributed by atoms with E-state index in [-0.39, 0.29) is 5.91 Å². The number of aromatic nitrogens is 4. The minimum atomic E-state index is -0.409. The fourth-order valence-electron chi connectivity index (χ4n) is 3.97. The Balaban J connectivity index is 1.47. The van der Waals surface area contributed by atoms with Gasteiger partial charge in [-0.05, 0) is 42.8 Å². The highest BCUT2D eigenvalue weighted by molar-refractivity contribution is 6.37. The van der Waals surface area contributed by atoms with Crippen LogP contribution in [0.2, 0.25) is 10.0 Å². The molecule has 0 atom stereocenters. The summed E-state index contributed by atoms with van der Waals surface area (Å²) in [6.07, 6.45) is 2.02. The Morgan fingerprint density at radius 1 is 1.09 bits per heavy atom. The topological polar surface area (TPSA) is 105 Å². The number of carbonyl (C=O) groups is 1. The van der Waals surface area contributed by atoms with Crippen LogP contribution in [0.4, 0.5) is 17.3 Å². The quantitative estimate of drug-likeness (QED) is 0.422. The molecule has 2 aromatic carbocycles. The number of amides is 1. The third-order valence-corrected chi connectivity index (χ3v) is 6.33. The number of halogens is 2. The van der Waals surface area contributed by atoms with Crippen LogP contribution in [0.3, 0.4) is 0 Å². The SMILES string of the molecule is CCc1nn(-c2c(Cl)cccc2Cl)c(=O)c2cnc(Nc3ccc(N4CCNC(=O)C4)cc3)nc12. The normalized spacial score (nSPS) is 13.7. The van der Waals surface area contributed by atoms with Gasteiger partial charge in [0.15, 0.2) is 0 Å². The number of rotatable bonds is 5. The van der Waals surface area contributed by atoms with Crippen molar-refractivity contribution in [1.82, 2.24) is 25.1 Å². The van der Waals surface area contributed by atoms with Crippen LogP contribution in [0.1, 0.15) is 12.6 Å². The highest BCUT2D eigenvalue weighted by Gasteiger charge is 2.18. The van der Waals surface area contributed by atoms with Gasteiger partial charge in [0.25, 0.3) is 5.56 Å². The Morgan fingerprint density at radius 2 is 1.83 bits per heavy atom. The van der Waals surface area contributed by atoms with Crippen molar-refractivity contribution in [3.63, 3.8) is 0 Å². The van der Waals surface area contributed by atoms with Gasteiger partial charge in [0.1, 0.15) is 11.2 Å². The molecular formula is C24H21Cl2N7O2. The van der Waals surface area contributed by atoms with Crippen LogP contribution in [0.5, 0.6) is 0 Å². The molecule has 1 amide bonds. The van der Waals surface area contributed by atoms with Gasteiger partial charge in [-0.3, -0.25) is 9.59 Å². The lowest BCUT2D eigenvalue weighted by Crippen LogP contribution is -2.47. The lowest BCUT2D eigenvalue weighted by molar-refractivity contribution is -0.120. The predicted molar refractivity (Wildman–Crippen MR) is 137 cm³/mol. The van der Waals surface area contributed by atoms with Gasteiger partial charge < -0.3 is 15.5 Å². The summed E-state index contributed by atoms with van der Waals surface area (Å²) in [5, 5.41) is 11.5. The monoisotopic (exact) mass is 509 g/mol. The Hall–Kier alpha value is -3.69. The van der Waals surface area contributed by atoms with Crippen LogP contribution >= 0.6 is 23.2 Å². The van der Waals surface area contributed by atoms with Crippen molar-refractivity contribution >= 4 is 57.3 Å². The lowest BCUT2D eigenvalue weighted by atomic mass is 10.2. The number of carbonyl (C=O) groups excluding carboxylic acids is 1. The summed E-state index contributed by atoms with van der Waals surface area (Å²) in [7, 11) is 0. The van der Waals surface area contributed by atoms with Crippen LogP contribution in [0.15, 0.2) is 53.5 Å². The molecule has 2 aromatic heterocycles. The van der Waals surface area contributed by atoms with Gasteiger partial charge in [0.05, 0.1) is 27.7 Å². The summed E-state index contributed by atoms with van der Waals surface area (Å²) in [6.45, 7) is 3.65. The van der Waals surface area contributed by atoms with Crippen molar-refractivity contribution in [3.05, 3.63) is 74.8 Å². The molecule has 0 bridgehead atoms. The van der Waals surface area contributed by atoms with Gasteiger partial charge in [-0.1, -0.05) is 36.2 Å². The molecule has 1 aliphatic rings. The number of nitrogens with zero attached hydrogens (tertiary/aromatic N) is 5. The van der Waals surface area contributed by atoms with Gasteiger partial charge in [-0.25, -0.2) is 9.97 Å². The molecule has 0 spiro atoms. The number of piperazine rings is 1. The molecule has 3 heterocycles. The minimum absolute atomic E-state index is 0.0132. The van der Waals surface area contributed by atoms with Crippen molar-refractivity contribution in [2.75, 3.05) is 29.9 Å². The molecular weight excluding hydrogens is 489 g/mol. The third-order valence-electron chi connectivity index (χ3n) is 5.72. The molecule has 0 radical (unpaired) electrons. The number of aryl methyl sites for hydroxylation is 1. The van der Waals surface area contributed by atoms with E-state index in [1.54, 1.807) is 18.2 Å². The van der Waals surface area contributed by atoms with Crippen LogP contribution < -0.4 is 21.1 Å². The zero-order valence-corrected chi connectivity index (χ0v) is 20.3. The molecule has 0 aliphatic carbocycles. The first-order valence-corrected chi connectivity index (χ1v) is 11.8. The van der Waals surface area contributed by atoms with E-state index in [1.807, 2.05) is 36.1 Å². The molecule has 1 aliphatic heterocycles.